The summed E-state index contributed by atoms with van der Waals surface area (Å²) in [5.74, 6) is -0.627. The van der Waals surface area contributed by atoms with E-state index in [0.717, 1.165) is 89.9 Å². The van der Waals surface area contributed by atoms with E-state index in [2.05, 4.69) is 86.8 Å². The predicted octanol–water partition coefficient (Wildman–Crippen LogP) is 11.8. The summed E-state index contributed by atoms with van der Waals surface area (Å²) in [6.45, 7) is 3.97. The molecular formula is C42H70O5. The third-order valence-corrected chi connectivity index (χ3v) is 7.76. The number of ether oxygens (including phenoxy) is 2. The summed E-state index contributed by atoms with van der Waals surface area (Å²) < 4.78 is 10.5. The van der Waals surface area contributed by atoms with E-state index in [1.165, 1.54) is 44.9 Å². The molecule has 268 valence electrons. The van der Waals surface area contributed by atoms with Crippen LogP contribution in [0.15, 0.2) is 72.9 Å². The van der Waals surface area contributed by atoms with Gasteiger partial charge in [0.2, 0.25) is 0 Å². The van der Waals surface area contributed by atoms with E-state index >= 15 is 0 Å². The average molecular weight is 655 g/mol. The fraction of sp³-hybridized carbons (Fsp3) is 0.667. The topological polar surface area (TPSA) is 72.8 Å². The summed E-state index contributed by atoms with van der Waals surface area (Å²) in [5.41, 5.74) is 0. The Bertz CT molecular complexity index is 879. The zero-order valence-corrected chi connectivity index (χ0v) is 30.3. The van der Waals surface area contributed by atoms with Crippen molar-refractivity contribution in [1.82, 2.24) is 0 Å². The van der Waals surface area contributed by atoms with Crippen LogP contribution in [-0.4, -0.2) is 36.4 Å². The molecule has 1 atom stereocenters. The van der Waals surface area contributed by atoms with Gasteiger partial charge in [-0.05, 0) is 64.2 Å². The fourth-order valence-corrected chi connectivity index (χ4v) is 4.91. The molecular weight excluding hydrogens is 584 g/mol. The Kier molecular flexibility index (Phi) is 35.7. The summed E-state index contributed by atoms with van der Waals surface area (Å²) in [5, 5.41) is 9.52. The summed E-state index contributed by atoms with van der Waals surface area (Å²) in [6, 6.07) is 0. The van der Waals surface area contributed by atoms with Crippen molar-refractivity contribution >= 4 is 11.9 Å². The average Bonchev–Trinajstić information content (AvgIpc) is 3.07. The highest BCUT2D eigenvalue weighted by molar-refractivity contribution is 5.70. The maximum atomic E-state index is 12.1. The first kappa shape index (κ1) is 44.3. The van der Waals surface area contributed by atoms with Crippen LogP contribution in [0.4, 0.5) is 0 Å². The number of aliphatic hydroxyl groups excluding tert-OH is 1. The van der Waals surface area contributed by atoms with Gasteiger partial charge in [-0.1, -0.05) is 157 Å². The van der Waals surface area contributed by atoms with Gasteiger partial charge in [0.25, 0.3) is 0 Å². The lowest BCUT2D eigenvalue weighted by atomic mass is 10.1. The van der Waals surface area contributed by atoms with Crippen LogP contribution >= 0.6 is 0 Å². The number of hydrogen-bond donors (Lipinski definition) is 1. The Morgan fingerprint density at radius 3 is 1.38 bits per heavy atom. The number of aliphatic hydroxyl groups is 1. The van der Waals surface area contributed by atoms with Crippen LogP contribution in [0.3, 0.4) is 0 Å². The highest BCUT2D eigenvalue weighted by atomic mass is 16.6. The highest BCUT2D eigenvalue weighted by Gasteiger charge is 2.16. The second kappa shape index (κ2) is 37.8. The van der Waals surface area contributed by atoms with Crippen molar-refractivity contribution in [1.29, 1.82) is 0 Å². The van der Waals surface area contributed by atoms with Crippen molar-refractivity contribution in [3.8, 4) is 0 Å². The van der Waals surface area contributed by atoms with Crippen LogP contribution in [0, 0.1) is 0 Å². The molecule has 0 amide bonds. The summed E-state index contributed by atoms with van der Waals surface area (Å²) in [6.07, 6.45) is 49.6. The zero-order valence-electron chi connectivity index (χ0n) is 30.3. The Balaban J connectivity index is 3.67. The molecule has 0 aliphatic heterocycles. The maximum Gasteiger partial charge on any atom is 0.306 e. The second-order valence-corrected chi connectivity index (χ2v) is 12.3. The van der Waals surface area contributed by atoms with Crippen LogP contribution in [0.25, 0.3) is 0 Å². The second-order valence-electron chi connectivity index (χ2n) is 12.3. The van der Waals surface area contributed by atoms with Crippen molar-refractivity contribution in [2.75, 3.05) is 13.2 Å². The molecule has 0 aromatic heterocycles. The molecule has 0 aliphatic carbocycles. The molecule has 0 bridgehead atoms. The monoisotopic (exact) mass is 655 g/mol. The van der Waals surface area contributed by atoms with E-state index in [0.29, 0.717) is 12.8 Å². The van der Waals surface area contributed by atoms with Gasteiger partial charge in [-0.3, -0.25) is 9.59 Å². The number of hydrogen-bond acceptors (Lipinski definition) is 5. The first-order valence-electron chi connectivity index (χ1n) is 19.0. The number of unbranched alkanes of at least 4 members (excludes halogenated alkanes) is 13. The Morgan fingerprint density at radius 2 is 0.915 bits per heavy atom. The van der Waals surface area contributed by atoms with E-state index < -0.39 is 6.10 Å². The van der Waals surface area contributed by atoms with Gasteiger partial charge in [0.05, 0.1) is 6.61 Å². The van der Waals surface area contributed by atoms with Crippen molar-refractivity contribution in [3.63, 3.8) is 0 Å². The van der Waals surface area contributed by atoms with E-state index in [-0.39, 0.29) is 25.2 Å². The van der Waals surface area contributed by atoms with E-state index in [1.807, 2.05) is 0 Å². The van der Waals surface area contributed by atoms with Crippen LogP contribution in [-0.2, 0) is 19.1 Å². The lowest BCUT2D eigenvalue weighted by Gasteiger charge is -2.15. The highest BCUT2D eigenvalue weighted by Crippen LogP contribution is 2.12. The molecule has 1 unspecified atom stereocenters. The van der Waals surface area contributed by atoms with Crippen molar-refractivity contribution in [3.05, 3.63) is 72.9 Å². The molecule has 1 N–H and O–H groups in total. The van der Waals surface area contributed by atoms with E-state index in [9.17, 15) is 14.7 Å². The molecule has 0 rings (SSSR count). The Morgan fingerprint density at radius 1 is 0.511 bits per heavy atom. The number of esters is 2. The minimum Gasteiger partial charge on any atom is -0.462 e. The normalized spacial score (nSPS) is 13.0. The number of carbonyl (C=O) groups is 2. The minimum atomic E-state index is -0.785. The lowest BCUT2D eigenvalue weighted by Crippen LogP contribution is -2.28. The fourth-order valence-electron chi connectivity index (χ4n) is 4.91. The van der Waals surface area contributed by atoms with Gasteiger partial charge in [-0.15, -0.1) is 0 Å². The predicted molar refractivity (Wildman–Crippen MR) is 200 cm³/mol. The lowest BCUT2D eigenvalue weighted by molar-refractivity contribution is -0.161. The Hall–Kier alpha value is -2.66. The summed E-state index contributed by atoms with van der Waals surface area (Å²) in [4.78, 5) is 24.2. The summed E-state index contributed by atoms with van der Waals surface area (Å²) >= 11 is 0. The largest absolute Gasteiger partial charge is 0.462 e. The van der Waals surface area contributed by atoms with E-state index in [1.54, 1.807) is 0 Å². The SMILES string of the molecule is CC/C=C\C/C=C\C/C=C\C/C=C\C/C=C\C/C=C\CCCCCCC(=O)OC(CO)COC(=O)CCCCCCCCCCCC. The molecule has 0 heterocycles. The van der Waals surface area contributed by atoms with Gasteiger partial charge in [-0.25, -0.2) is 0 Å². The number of carbonyl (C=O) groups excluding carboxylic acids is 2. The van der Waals surface area contributed by atoms with Crippen LogP contribution in [0.5, 0.6) is 0 Å². The number of allylic oxidation sites excluding steroid dienone is 12. The minimum absolute atomic E-state index is 0.0786. The first-order valence-corrected chi connectivity index (χ1v) is 19.0. The molecule has 0 spiro atoms. The van der Waals surface area contributed by atoms with Gasteiger partial charge < -0.3 is 14.6 Å². The van der Waals surface area contributed by atoms with Crippen LogP contribution in [0.2, 0.25) is 0 Å². The van der Waals surface area contributed by atoms with Crippen molar-refractivity contribution in [2.45, 2.75) is 168 Å². The van der Waals surface area contributed by atoms with Gasteiger partial charge in [0.15, 0.2) is 6.10 Å². The maximum absolute atomic E-state index is 12.1. The molecule has 0 radical (unpaired) electrons. The molecule has 0 aromatic rings. The molecule has 5 heteroatoms. The molecule has 0 saturated carbocycles. The van der Waals surface area contributed by atoms with Crippen LogP contribution < -0.4 is 0 Å². The smallest absolute Gasteiger partial charge is 0.306 e. The van der Waals surface area contributed by atoms with Gasteiger partial charge in [0.1, 0.15) is 6.61 Å². The number of rotatable bonds is 33. The summed E-state index contributed by atoms with van der Waals surface area (Å²) in [7, 11) is 0. The van der Waals surface area contributed by atoms with Crippen LogP contribution in [0.1, 0.15) is 162 Å². The quantitative estimate of drug-likeness (QED) is 0.0433. The molecule has 5 nitrogen and oxygen atoms in total. The van der Waals surface area contributed by atoms with Crippen molar-refractivity contribution in [2.24, 2.45) is 0 Å². The third kappa shape index (κ3) is 36.0. The molecule has 0 fully saturated rings. The van der Waals surface area contributed by atoms with Crippen molar-refractivity contribution < 1.29 is 24.2 Å². The standard InChI is InChI=1S/C42H70O5/c1-3-5-7-9-11-13-15-16-17-18-19-20-21-22-23-24-25-26-27-29-31-33-35-37-42(45)47-40(38-43)39-46-41(44)36-34-32-30-28-14-12-10-8-6-4-2/h5,7,11,13,16-17,19-20,22-23,25-26,40,43H,3-4,6,8-10,12,14-15,18,21,24,27-39H2,1-2H3/b7-5-,13-11-,17-16-,20-19-,23-22-,26-25-. The zero-order chi connectivity index (χ0) is 34.3. The van der Waals surface area contributed by atoms with E-state index in [4.69, 9.17) is 9.47 Å². The first-order chi connectivity index (χ1) is 23.1. The van der Waals surface area contributed by atoms with Gasteiger partial charge >= 0.3 is 11.9 Å². The molecule has 0 aliphatic rings. The van der Waals surface area contributed by atoms with Gasteiger partial charge in [0, 0.05) is 12.8 Å². The molecule has 47 heavy (non-hydrogen) atoms. The van der Waals surface area contributed by atoms with Gasteiger partial charge in [-0.2, -0.15) is 0 Å². The Labute approximate surface area is 289 Å². The molecule has 0 saturated heterocycles. The third-order valence-electron chi connectivity index (χ3n) is 7.76. The molecule has 0 aromatic carbocycles.